The molecule has 0 spiro atoms. The predicted molar refractivity (Wildman–Crippen MR) is 84.2 cm³/mol. The van der Waals surface area contributed by atoms with Crippen molar-refractivity contribution >= 4 is 11.6 Å². The summed E-state index contributed by atoms with van der Waals surface area (Å²) in [4.78, 5) is 0. The Morgan fingerprint density at radius 2 is 2.14 bits per heavy atom. The van der Waals surface area contributed by atoms with Gasteiger partial charge in [0.05, 0.1) is 16.4 Å². The lowest BCUT2D eigenvalue weighted by Gasteiger charge is -2.17. The van der Waals surface area contributed by atoms with Gasteiger partial charge in [0.15, 0.2) is 0 Å². The minimum Gasteiger partial charge on any atom is -0.313 e. The van der Waals surface area contributed by atoms with Crippen LogP contribution in [-0.2, 0) is 19.9 Å². The highest BCUT2D eigenvalue weighted by atomic mass is 35.5. The Hall–Kier alpha value is -1.39. The van der Waals surface area contributed by atoms with E-state index in [1.165, 1.54) is 0 Å². The summed E-state index contributed by atoms with van der Waals surface area (Å²) in [6.45, 7) is 3.79. The molecule has 2 rings (SSSR count). The molecule has 5 heteroatoms. The van der Waals surface area contributed by atoms with Gasteiger partial charge in [-0.15, -0.1) is 0 Å². The van der Waals surface area contributed by atoms with Crippen LogP contribution in [0, 0.1) is 12.7 Å². The first-order chi connectivity index (χ1) is 9.97. The van der Waals surface area contributed by atoms with Crippen molar-refractivity contribution in [3.8, 4) is 0 Å². The number of nitrogens with one attached hydrogen (secondary N) is 1. The molecule has 1 N–H and O–H groups in total. The maximum Gasteiger partial charge on any atom is 0.126 e. The summed E-state index contributed by atoms with van der Waals surface area (Å²) in [7, 11) is 3.76. The van der Waals surface area contributed by atoms with E-state index in [0.717, 1.165) is 23.4 Å². The second kappa shape index (κ2) is 6.58. The Morgan fingerprint density at radius 1 is 1.43 bits per heavy atom. The average Bonchev–Trinajstić information content (AvgIpc) is 2.74. The second-order valence-corrected chi connectivity index (χ2v) is 5.62. The number of benzene rings is 1. The topological polar surface area (TPSA) is 29.9 Å². The third-order valence-electron chi connectivity index (χ3n) is 3.85. The molecule has 0 aliphatic heterocycles. The zero-order chi connectivity index (χ0) is 15.6. The number of nitrogens with zero attached hydrogens (tertiary/aromatic N) is 2. The Morgan fingerprint density at radius 3 is 2.67 bits per heavy atom. The quantitative estimate of drug-likeness (QED) is 0.915. The number of aromatic nitrogens is 2. The summed E-state index contributed by atoms with van der Waals surface area (Å²) < 4.78 is 15.6. The standard InChI is InChI=1S/C16H21ClFN3/c1-5-13-16(17)15(21(4)20-13)9-14(19-3)11-7-6-10(2)12(18)8-11/h6-8,14,19H,5,9H2,1-4H3. The van der Waals surface area contributed by atoms with Crippen LogP contribution in [0.25, 0.3) is 0 Å². The molecule has 2 aromatic rings. The number of rotatable bonds is 5. The van der Waals surface area contributed by atoms with E-state index in [2.05, 4.69) is 10.4 Å². The van der Waals surface area contributed by atoms with Crippen LogP contribution < -0.4 is 5.32 Å². The Balaban J connectivity index is 2.31. The molecule has 1 unspecified atom stereocenters. The molecule has 1 heterocycles. The summed E-state index contributed by atoms with van der Waals surface area (Å²) >= 11 is 6.39. The van der Waals surface area contributed by atoms with Crippen molar-refractivity contribution in [2.45, 2.75) is 32.7 Å². The highest BCUT2D eigenvalue weighted by Gasteiger charge is 2.19. The SMILES string of the molecule is CCc1nn(C)c(CC(NC)c2ccc(C)c(F)c2)c1Cl. The zero-order valence-corrected chi connectivity index (χ0v) is 13.6. The van der Waals surface area contributed by atoms with Crippen LogP contribution in [-0.4, -0.2) is 16.8 Å². The normalized spacial score (nSPS) is 12.7. The van der Waals surface area contributed by atoms with E-state index in [4.69, 9.17) is 11.6 Å². The largest absolute Gasteiger partial charge is 0.313 e. The van der Waals surface area contributed by atoms with Crippen LogP contribution in [0.1, 0.15) is 35.5 Å². The number of aryl methyl sites for hydroxylation is 3. The van der Waals surface area contributed by atoms with Crippen LogP contribution in [0.3, 0.4) is 0 Å². The van der Waals surface area contributed by atoms with Crippen molar-refractivity contribution in [1.29, 1.82) is 0 Å². The maximum absolute atomic E-state index is 13.8. The van der Waals surface area contributed by atoms with Crippen molar-refractivity contribution in [1.82, 2.24) is 15.1 Å². The van der Waals surface area contributed by atoms with E-state index >= 15 is 0 Å². The fourth-order valence-corrected chi connectivity index (χ4v) is 2.82. The van der Waals surface area contributed by atoms with Gasteiger partial charge in [0.1, 0.15) is 5.82 Å². The first-order valence-electron chi connectivity index (χ1n) is 7.11. The van der Waals surface area contributed by atoms with E-state index in [9.17, 15) is 4.39 Å². The van der Waals surface area contributed by atoms with Crippen LogP contribution in [0.2, 0.25) is 5.02 Å². The molecule has 21 heavy (non-hydrogen) atoms. The van der Waals surface area contributed by atoms with Gasteiger partial charge < -0.3 is 5.32 Å². The summed E-state index contributed by atoms with van der Waals surface area (Å²) in [5, 5.41) is 8.37. The van der Waals surface area contributed by atoms with Gasteiger partial charge in [0, 0.05) is 19.5 Å². The van der Waals surface area contributed by atoms with Gasteiger partial charge in [-0.1, -0.05) is 30.7 Å². The van der Waals surface area contributed by atoms with Crippen LogP contribution in [0.15, 0.2) is 18.2 Å². The maximum atomic E-state index is 13.8. The molecular formula is C16H21ClFN3. The highest BCUT2D eigenvalue weighted by Crippen LogP contribution is 2.27. The Kier molecular flexibility index (Phi) is 5.01. The fourth-order valence-electron chi connectivity index (χ4n) is 2.45. The molecule has 1 atom stereocenters. The van der Waals surface area contributed by atoms with Crippen molar-refractivity contribution in [3.05, 3.63) is 51.6 Å². The van der Waals surface area contributed by atoms with Crippen molar-refractivity contribution in [2.75, 3.05) is 7.05 Å². The summed E-state index contributed by atoms with van der Waals surface area (Å²) in [5.41, 5.74) is 3.43. The van der Waals surface area contributed by atoms with Gasteiger partial charge in [-0.2, -0.15) is 5.10 Å². The third kappa shape index (κ3) is 3.27. The molecule has 0 amide bonds. The van der Waals surface area contributed by atoms with Gasteiger partial charge in [-0.3, -0.25) is 4.68 Å². The first kappa shape index (κ1) is 16.0. The summed E-state index contributed by atoms with van der Waals surface area (Å²) in [5.74, 6) is -0.182. The van der Waals surface area contributed by atoms with E-state index in [1.54, 1.807) is 19.1 Å². The fraction of sp³-hybridized carbons (Fsp3) is 0.438. The minimum atomic E-state index is -0.182. The molecule has 0 aliphatic carbocycles. The number of hydrogen-bond acceptors (Lipinski definition) is 2. The lowest BCUT2D eigenvalue weighted by Crippen LogP contribution is -2.20. The predicted octanol–water partition coefficient (Wildman–Crippen LogP) is 3.59. The summed E-state index contributed by atoms with van der Waals surface area (Å²) in [6, 6.07) is 5.33. The van der Waals surface area contributed by atoms with Crippen LogP contribution in [0.4, 0.5) is 4.39 Å². The Labute approximate surface area is 130 Å². The lowest BCUT2D eigenvalue weighted by atomic mass is 10.00. The molecule has 0 saturated carbocycles. The first-order valence-corrected chi connectivity index (χ1v) is 7.49. The smallest absolute Gasteiger partial charge is 0.126 e. The molecule has 0 radical (unpaired) electrons. The molecular weight excluding hydrogens is 289 g/mol. The highest BCUT2D eigenvalue weighted by molar-refractivity contribution is 6.31. The van der Waals surface area contributed by atoms with E-state index in [-0.39, 0.29) is 11.9 Å². The second-order valence-electron chi connectivity index (χ2n) is 5.24. The molecule has 0 saturated heterocycles. The lowest BCUT2D eigenvalue weighted by molar-refractivity contribution is 0.552. The van der Waals surface area contributed by atoms with E-state index < -0.39 is 0 Å². The van der Waals surface area contributed by atoms with Gasteiger partial charge in [-0.25, -0.2) is 4.39 Å². The van der Waals surface area contributed by atoms with Crippen molar-refractivity contribution in [2.24, 2.45) is 7.05 Å². The van der Waals surface area contributed by atoms with Gasteiger partial charge in [0.25, 0.3) is 0 Å². The molecule has 3 nitrogen and oxygen atoms in total. The Bertz CT molecular complexity index is 637. The van der Waals surface area contributed by atoms with Gasteiger partial charge in [-0.05, 0) is 37.6 Å². The monoisotopic (exact) mass is 309 g/mol. The molecule has 114 valence electrons. The van der Waals surface area contributed by atoms with Crippen LogP contribution >= 0.6 is 11.6 Å². The number of likely N-dealkylation sites (N-methyl/N-ethyl adjacent to an activating group) is 1. The van der Waals surface area contributed by atoms with Crippen molar-refractivity contribution in [3.63, 3.8) is 0 Å². The van der Waals surface area contributed by atoms with Gasteiger partial charge >= 0.3 is 0 Å². The minimum absolute atomic E-state index is 0.00212. The third-order valence-corrected chi connectivity index (χ3v) is 4.28. The molecule has 1 aromatic heterocycles. The van der Waals surface area contributed by atoms with E-state index in [0.29, 0.717) is 17.0 Å². The molecule has 0 aliphatic rings. The van der Waals surface area contributed by atoms with Crippen molar-refractivity contribution < 1.29 is 4.39 Å². The summed E-state index contributed by atoms with van der Waals surface area (Å²) in [6.07, 6.45) is 1.47. The molecule has 0 fully saturated rings. The zero-order valence-electron chi connectivity index (χ0n) is 12.9. The average molecular weight is 310 g/mol. The number of hydrogen-bond donors (Lipinski definition) is 1. The molecule has 0 bridgehead atoms. The number of halogens is 2. The van der Waals surface area contributed by atoms with Crippen LogP contribution in [0.5, 0.6) is 0 Å². The van der Waals surface area contributed by atoms with Gasteiger partial charge in [0.2, 0.25) is 0 Å². The van der Waals surface area contributed by atoms with E-state index in [1.807, 2.05) is 31.8 Å². The molecule has 1 aromatic carbocycles.